The second-order valence-corrected chi connectivity index (χ2v) is 21.5. The van der Waals surface area contributed by atoms with E-state index in [1.165, 1.54) is 12.1 Å². The molecule has 0 radical (unpaired) electrons. The maximum atomic E-state index is 13.8. The van der Waals surface area contributed by atoms with Gasteiger partial charge in [-0.2, -0.15) is 36.5 Å². The number of nitrogens with one attached hydrogen (secondary N) is 5. The SMILES string of the molecule is CC(C)(C)OC(=O)NCc1cccc(-n2nc(C(F)(F)F)cc2C(=O)Nc2cccc(C(NC(=O)C3CC3)c3ccccc3)c2)c1.Cl.NCc1cccc(-n2nc(C(F)(F)F)cc2C(=O)Nc2cccc(C(NC(=O)C3CC3)c3ccccc3)c2)c1. The fourth-order valence-electron chi connectivity index (χ4n) is 9.06. The van der Waals surface area contributed by atoms with Gasteiger partial charge in [-0.3, -0.25) is 19.2 Å². The maximum Gasteiger partial charge on any atom is 0.435 e. The van der Waals surface area contributed by atoms with E-state index in [2.05, 4.69) is 36.8 Å². The number of anilines is 2. The molecule has 0 saturated heterocycles. The van der Waals surface area contributed by atoms with Crippen LogP contribution in [0.5, 0.6) is 0 Å². The molecule has 2 aromatic heterocycles. The topological polar surface area (TPSA) is 216 Å². The van der Waals surface area contributed by atoms with Crippen molar-refractivity contribution in [1.29, 1.82) is 0 Å². The lowest BCUT2D eigenvalue weighted by Crippen LogP contribution is -2.32. The molecule has 448 valence electrons. The molecular weight excluding hydrogens is 1140 g/mol. The molecule has 2 aliphatic rings. The number of halogens is 7. The molecule has 6 aromatic carbocycles. The van der Waals surface area contributed by atoms with Gasteiger partial charge < -0.3 is 37.1 Å². The molecule has 2 heterocycles. The first-order chi connectivity index (χ1) is 40.5. The van der Waals surface area contributed by atoms with Crippen LogP contribution in [0, 0.1) is 11.8 Å². The first-order valence-electron chi connectivity index (χ1n) is 27.2. The number of alkyl halides is 6. The summed E-state index contributed by atoms with van der Waals surface area (Å²) in [7, 11) is 0. The monoisotopic (exact) mass is 1200 g/mol. The highest BCUT2D eigenvalue weighted by molar-refractivity contribution is 6.04. The Kier molecular flexibility index (Phi) is 19.5. The molecule has 16 nitrogen and oxygen atoms in total. The van der Waals surface area contributed by atoms with Gasteiger partial charge in [0.1, 0.15) is 17.0 Å². The Morgan fingerprint density at radius 2 is 0.930 bits per heavy atom. The highest BCUT2D eigenvalue weighted by Crippen LogP contribution is 2.35. The molecule has 2 fully saturated rings. The van der Waals surface area contributed by atoms with Crippen LogP contribution in [0.15, 0.2) is 170 Å². The Morgan fingerprint density at radius 1 is 0.535 bits per heavy atom. The van der Waals surface area contributed by atoms with Crippen molar-refractivity contribution in [2.45, 2.75) is 89.6 Å². The summed E-state index contributed by atoms with van der Waals surface area (Å²) in [6.45, 7) is 5.38. The first kappa shape index (κ1) is 62.8. The molecule has 2 unspecified atom stereocenters. The van der Waals surface area contributed by atoms with Crippen LogP contribution in [0.25, 0.3) is 11.4 Å². The highest BCUT2D eigenvalue weighted by atomic mass is 35.5. The molecule has 2 atom stereocenters. The molecular formula is C63H61ClF6N10O6. The molecule has 7 N–H and O–H groups in total. The number of aromatic nitrogens is 4. The number of alkyl carbamates (subject to hydrolysis) is 1. The van der Waals surface area contributed by atoms with Crippen LogP contribution in [0.4, 0.5) is 42.5 Å². The Bertz CT molecular complexity index is 3710. The number of nitrogens with two attached hydrogens (primary N) is 1. The van der Waals surface area contributed by atoms with E-state index < -0.39 is 59.3 Å². The van der Waals surface area contributed by atoms with Crippen LogP contribution in [0.2, 0.25) is 0 Å². The summed E-state index contributed by atoms with van der Waals surface area (Å²) in [4.78, 5) is 64.3. The summed E-state index contributed by atoms with van der Waals surface area (Å²) >= 11 is 0. The van der Waals surface area contributed by atoms with Crippen LogP contribution in [-0.2, 0) is 39.8 Å². The lowest BCUT2D eigenvalue weighted by atomic mass is 9.98. The van der Waals surface area contributed by atoms with Crippen molar-refractivity contribution in [1.82, 2.24) is 35.5 Å². The summed E-state index contributed by atoms with van der Waals surface area (Å²) < 4.78 is 89.1. The van der Waals surface area contributed by atoms with Crippen molar-refractivity contribution in [3.63, 3.8) is 0 Å². The summed E-state index contributed by atoms with van der Waals surface area (Å²) in [5.41, 5.74) is 7.39. The van der Waals surface area contributed by atoms with E-state index in [-0.39, 0.29) is 71.9 Å². The molecule has 2 aliphatic carbocycles. The van der Waals surface area contributed by atoms with Gasteiger partial charge in [-0.1, -0.05) is 109 Å². The van der Waals surface area contributed by atoms with Crippen molar-refractivity contribution in [3.8, 4) is 11.4 Å². The van der Waals surface area contributed by atoms with E-state index in [1.807, 2.05) is 72.8 Å². The fraction of sp³-hybridized carbons (Fsp3) is 0.254. The number of hydrogen-bond donors (Lipinski definition) is 6. The number of amides is 5. The predicted molar refractivity (Wildman–Crippen MR) is 312 cm³/mol. The van der Waals surface area contributed by atoms with Crippen LogP contribution in [0.1, 0.15) is 124 Å². The highest BCUT2D eigenvalue weighted by Gasteiger charge is 2.38. The zero-order chi connectivity index (χ0) is 60.6. The van der Waals surface area contributed by atoms with E-state index in [0.717, 1.165) is 52.2 Å². The number of benzene rings is 6. The van der Waals surface area contributed by atoms with Crippen molar-refractivity contribution in [2.24, 2.45) is 17.6 Å². The molecule has 10 rings (SSSR count). The number of nitrogens with zero attached hydrogens (tertiary/aromatic N) is 4. The summed E-state index contributed by atoms with van der Waals surface area (Å²) in [5, 5.41) is 21.5. The van der Waals surface area contributed by atoms with Crippen molar-refractivity contribution in [2.75, 3.05) is 10.6 Å². The van der Waals surface area contributed by atoms with Crippen molar-refractivity contribution in [3.05, 3.63) is 226 Å². The van der Waals surface area contributed by atoms with E-state index in [0.29, 0.717) is 39.7 Å². The average molecular weight is 1200 g/mol. The van der Waals surface area contributed by atoms with Crippen LogP contribution >= 0.6 is 12.4 Å². The van der Waals surface area contributed by atoms with Gasteiger partial charge in [-0.25, -0.2) is 14.2 Å². The number of carbonyl (C=O) groups is 5. The number of ether oxygens (including phenoxy) is 1. The van der Waals surface area contributed by atoms with E-state index in [9.17, 15) is 50.3 Å². The second kappa shape index (κ2) is 26.7. The largest absolute Gasteiger partial charge is 0.444 e. The zero-order valence-electron chi connectivity index (χ0n) is 46.7. The van der Waals surface area contributed by atoms with Gasteiger partial charge in [0.15, 0.2) is 11.4 Å². The molecule has 2 saturated carbocycles. The third kappa shape index (κ3) is 16.5. The van der Waals surface area contributed by atoms with Gasteiger partial charge in [0.2, 0.25) is 11.8 Å². The summed E-state index contributed by atoms with van der Waals surface area (Å²) in [5.74, 6) is -1.72. The van der Waals surface area contributed by atoms with Crippen molar-refractivity contribution >= 4 is 53.5 Å². The quantitative estimate of drug-likeness (QED) is 0.0477. The van der Waals surface area contributed by atoms with E-state index >= 15 is 0 Å². The standard InChI is InChI=1S/C34H34F3N5O4.C29H26F3N5O2.ClH/c1-33(2,3)46-32(45)38-20-21-9-7-14-26(17-21)42-27(19-28(41-42)34(35,36)37)31(44)39-25-13-8-12-24(18-25)29(22-10-5-4-6-11-22)40-30(43)23-15-16-23;30-29(31,32)25-16-24(37(36-25)23-11-4-6-18(14-23)17-33)28(39)34-22-10-5-9-21(15-22)26(19-7-2-1-3-8-19)35-27(38)20-12-13-20;/h4-14,17-19,23,29H,15-16,20H2,1-3H3,(H,38,45)(H,39,44)(H,40,43);1-11,14-16,20,26H,12-13,17,33H2,(H,34,39)(H,35,38);1H. The molecule has 5 amide bonds. The first-order valence-corrected chi connectivity index (χ1v) is 27.2. The van der Waals surface area contributed by atoms with Gasteiger partial charge in [-0.05, 0) is 128 Å². The number of rotatable bonds is 17. The van der Waals surface area contributed by atoms with Gasteiger partial charge >= 0.3 is 18.4 Å². The fourth-order valence-corrected chi connectivity index (χ4v) is 9.06. The van der Waals surface area contributed by atoms with Gasteiger partial charge in [0.05, 0.1) is 23.5 Å². The Morgan fingerprint density at radius 3 is 1.33 bits per heavy atom. The molecule has 0 bridgehead atoms. The molecule has 23 heteroatoms. The molecule has 86 heavy (non-hydrogen) atoms. The zero-order valence-corrected chi connectivity index (χ0v) is 47.5. The Hall–Kier alpha value is -9.28. The third-order valence-electron chi connectivity index (χ3n) is 13.5. The number of carbonyl (C=O) groups excluding carboxylic acids is 5. The van der Waals surface area contributed by atoms with E-state index in [4.69, 9.17) is 10.5 Å². The van der Waals surface area contributed by atoms with Crippen LogP contribution in [-0.4, -0.2) is 54.9 Å². The maximum absolute atomic E-state index is 13.8. The van der Waals surface area contributed by atoms with Crippen LogP contribution in [0.3, 0.4) is 0 Å². The Balaban J connectivity index is 0.000000224. The number of hydrogen-bond acceptors (Lipinski definition) is 9. The molecule has 8 aromatic rings. The van der Waals surface area contributed by atoms with Gasteiger partial charge in [-0.15, -0.1) is 12.4 Å². The summed E-state index contributed by atoms with van der Waals surface area (Å²) in [6, 6.07) is 45.7. The minimum atomic E-state index is -4.81. The average Bonchev–Trinajstić information content (AvgIpc) is 2.42. The summed E-state index contributed by atoms with van der Waals surface area (Å²) in [6.07, 6.45) is -6.83. The minimum Gasteiger partial charge on any atom is -0.444 e. The Labute approximate surface area is 497 Å². The van der Waals surface area contributed by atoms with E-state index in [1.54, 1.807) is 93.6 Å². The lowest BCUT2D eigenvalue weighted by Gasteiger charge is -2.21. The lowest BCUT2D eigenvalue weighted by molar-refractivity contribution is -0.142. The smallest absolute Gasteiger partial charge is 0.435 e. The normalized spacial score (nSPS) is 13.8. The predicted octanol–water partition coefficient (Wildman–Crippen LogP) is 12.4. The third-order valence-corrected chi connectivity index (χ3v) is 13.5. The molecule has 0 aliphatic heterocycles. The van der Waals surface area contributed by atoms with Crippen LogP contribution < -0.4 is 32.3 Å². The van der Waals surface area contributed by atoms with Gasteiger partial charge in [0, 0.05) is 48.4 Å². The van der Waals surface area contributed by atoms with Gasteiger partial charge in [0.25, 0.3) is 11.8 Å². The van der Waals surface area contributed by atoms with Crippen molar-refractivity contribution < 1.29 is 55.1 Å². The molecule has 0 spiro atoms. The second-order valence-electron chi connectivity index (χ2n) is 21.5. The minimum absolute atomic E-state index is 0.